The van der Waals surface area contributed by atoms with Crippen LogP contribution in [0.25, 0.3) is 0 Å². The summed E-state index contributed by atoms with van der Waals surface area (Å²) in [6.45, 7) is 3.99. The summed E-state index contributed by atoms with van der Waals surface area (Å²) < 4.78 is 5.68. The highest BCUT2D eigenvalue weighted by Crippen LogP contribution is 2.16. The van der Waals surface area contributed by atoms with Gasteiger partial charge >= 0.3 is 0 Å². The number of amides is 3. The number of anilines is 1. The van der Waals surface area contributed by atoms with Crippen LogP contribution < -0.4 is 16.0 Å². The van der Waals surface area contributed by atoms with Crippen molar-refractivity contribution in [1.82, 2.24) is 10.6 Å². The number of nitrogens with one attached hydrogen (secondary N) is 3. The van der Waals surface area contributed by atoms with Crippen molar-refractivity contribution in [2.45, 2.75) is 32.7 Å². The van der Waals surface area contributed by atoms with Crippen molar-refractivity contribution in [3.05, 3.63) is 52.4 Å². The lowest BCUT2D eigenvalue weighted by molar-refractivity contribution is -0.128. The lowest BCUT2D eigenvalue weighted by Crippen LogP contribution is -2.46. The fraction of sp³-hybridized carbons (Fsp3) is 0.350. The number of hydrogen-bond donors (Lipinski definition) is 3. The van der Waals surface area contributed by atoms with E-state index in [2.05, 4.69) is 31.9 Å². The van der Waals surface area contributed by atoms with E-state index in [-0.39, 0.29) is 35.8 Å². The molecule has 0 spiro atoms. The standard InChI is InChI=1S/C20H24BrN3O4/c1-12(2)10-15(19(26)22-3)24-18(25)11-13-4-6-14(7-5-13)23-20(27)16-8-9-17(21)28-16/h4-9,12,15H,10-11H2,1-3H3,(H,22,26)(H,23,27)(H,24,25). The Morgan fingerprint density at radius 3 is 2.29 bits per heavy atom. The number of carbonyl (C=O) groups is 3. The smallest absolute Gasteiger partial charge is 0.291 e. The fourth-order valence-electron chi connectivity index (χ4n) is 2.64. The van der Waals surface area contributed by atoms with Crippen molar-refractivity contribution < 1.29 is 18.8 Å². The Labute approximate surface area is 172 Å². The van der Waals surface area contributed by atoms with E-state index in [4.69, 9.17) is 4.42 Å². The number of halogens is 1. The van der Waals surface area contributed by atoms with E-state index in [1.54, 1.807) is 43.4 Å². The second kappa shape index (κ2) is 10.1. The van der Waals surface area contributed by atoms with Gasteiger partial charge in [0.15, 0.2) is 10.4 Å². The van der Waals surface area contributed by atoms with Crippen LogP contribution in [-0.2, 0) is 16.0 Å². The second-order valence-electron chi connectivity index (χ2n) is 6.80. The highest BCUT2D eigenvalue weighted by atomic mass is 79.9. The molecule has 1 heterocycles. The lowest BCUT2D eigenvalue weighted by Gasteiger charge is -2.19. The van der Waals surface area contributed by atoms with Gasteiger partial charge in [0.05, 0.1) is 6.42 Å². The van der Waals surface area contributed by atoms with Crippen LogP contribution in [0.1, 0.15) is 36.4 Å². The Kier molecular flexibility index (Phi) is 7.80. The summed E-state index contributed by atoms with van der Waals surface area (Å²) in [5.41, 5.74) is 1.36. The van der Waals surface area contributed by atoms with Gasteiger partial charge in [0.25, 0.3) is 5.91 Å². The van der Waals surface area contributed by atoms with Gasteiger partial charge in [-0.1, -0.05) is 26.0 Å². The quantitative estimate of drug-likeness (QED) is 0.576. The first-order valence-corrected chi connectivity index (χ1v) is 9.74. The van der Waals surface area contributed by atoms with Crippen molar-refractivity contribution in [1.29, 1.82) is 0 Å². The van der Waals surface area contributed by atoms with E-state index >= 15 is 0 Å². The third-order valence-corrected chi connectivity index (χ3v) is 4.40. The molecule has 28 heavy (non-hydrogen) atoms. The summed E-state index contributed by atoms with van der Waals surface area (Å²) in [4.78, 5) is 36.3. The molecule has 2 aromatic rings. The molecule has 1 aromatic carbocycles. The van der Waals surface area contributed by atoms with Gasteiger partial charge in [-0.15, -0.1) is 0 Å². The van der Waals surface area contributed by atoms with Gasteiger partial charge in [-0.25, -0.2) is 0 Å². The molecular weight excluding hydrogens is 426 g/mol. The van der Waals surface area contributed by atoms with E-state index in [1.807, 2.05) is 13.8 Å². The summed E-state index contributed by atoms with van der Waals surface area (Å²) in [5.74, 6) is -0.324. The Bertz CT molecular complexity index is 830. The van der Waals surface area contributed by atoms with Gasteiger partial charge in [0.1, 0.15) is 6.04 Å². The minimum absolute atomic E-state index is 0.144. The van der Waals surface area contributed by atoms with Crippen molar-refractivity contribution in [3.63, 3.8) is 0 Å². The van der Waals surface area contributed by atoms with Gasteiger partial charge in [-0.2, -0.15) is 0 Å². The van der Waals surface area contributed by atoms with Crippen LogP contribution in [0.5, 0.6) is 0 Å². The summed E-state index contributed by atoms with van der Waals surface area (Å²) >= 11 is 3.15. The first-order valence-electron chi connectivity index (χ1n) is 8.95. The van der Waals surface area contributed by atoms with Crippen molar-refractivity contribution in [2.75, 3.05) is 12.4 Å². The van der Waals surface area contributed by atoms with E-state index in [0.29, 0.717) is 16.8 Å². The molecule has 3 amide bonds. The first-order chi connectivity index (χ1) is 13.3. The summed E-state index contributed by atoms with van der Waals surface area (Å²) in [7, 11) is 1.55. The zero-order valence-electron chi connectivity index (χ0n) is 16.0. The monoisotopic (exact) mass is 449 g/mol. The minimum atomic E-state index is -0.552. The van der Waals surface area contributed by atoms with Crippen LogP contribution in [0.15, 0.2) is 45.5 Å². The predicted octanol–water partition coefficient (Wildman–Crippen LogP) is 3.11. The molecule has 0 radical (unpaired) electrons. The SMILES string of the molecule is CNC(=O)C(CC(C)C)NC(=O)Cc1ccc(NC(=O)c2ccc(Br)o2)cc1. The highest BCUT2D eigenvalue weighted by Gasteiger charge is 2.20. The number of benzene rings is 1. The number of rotatable bonds is 8. The molecule has 0 aliphatic heterocycles. The van der Waals surface area contributed by atoms with E-state index in [0.717, 1.165) is 5.56 Å². The maximum Gasteiger partial charge on any atom is 0.291 e. The maximum absolute atomic E-state index is 12.3. The van der Waals surface area contributed by atoms with Gasteiger partial charge in [0.2, 0.25) is 11.8 Å². The van der Waals surface area contributed by atoms with Crippen molar-refractivity contribution in [2.24, 2.45) is 5.92 Å². The molecule has 1 unspecified atom stereocenters. The molecule has 0 saturated heterocycles. The number of furan rings is 1. The van der Waals surface area contributed by atoms with Crippen LogP contribution >= 0.6 is 15.9 Å². The number of carbonyl (C=O) groups excluding carboxylic acids is 3. The third-order valence-electron chi connectivity index (χ3n) is 3.98. The van der Waals surface area contributed by atoms with Crippen molar-refractivity contribution >= 4 is 39.3 Å². The molecule has 7 nitrogen and oxygen atoms in total. The topological polar surface area (TPSA) is 100 Å². The minimum Gasteiger partial charge on any atom is -0.444 e. The largest absolute Gasteiger partial charge is 0.444 e. The van der Waals surface area contributed by atoms with Crippen LogP contribution in [0, 0.1) is 5.92 Å². The van der Waals surface area contributed by atoms with Gasteiger partial charge in [-0.3, -0.25) is 14.4 Å². The van der Waals surface area contributed by atoms with Crippen LogP contribution in [0.2, 0.25) is 0 Å². The first kappa shape index (κ1) is 21.7. The Hall–Kier alpha value is -2.61. The number of likely N-dealkylation sites (N-methyl/N-ethyl adjacent to an activating group) is 1. The Morgan fingerprint density at radius 2 is 1.75 bits per heavy atom. The Balaban J connectivity index is 1.92. The molecule has 0 aliphatic rings. The normalized spacial score (nSPS) is 11.8. The molecule has 1 atom stereocenters. The Morgan fingerprint density at radius 1 is 1.07 bits per heavy atom. The number of hydrogen-bond acceptors (Lipinski definition) is 4. The zero-order valence-corrected chi connectivity index (χ0v) is 17.6. The average Bonchev–Trinajstić information content (AvgIpc) is 3.08. The highest BCUT2D eigenvalue weighted by molar-refractivity contribution is 9.10. The molecule has 1 aromatic heterocycles. The molecule has 0 saturated carbocycles. The van der Waals surface area contributed by atoms with Crippen molar-refractivity contribution in [3.8, 4) is 0 Å². The van der Waals surface area contributed by atoms with E-state index in [1.165, 1.54) is 0 Å². The molecular formula is C20H24BrN3O4. The summed E-state index contributed by atoms with van der Waals surface area (Å²) in [6.07, 6.45) is 0.713. The average molecular weight is 450 g/mol. The summed E-state index contributed by atoms with van der Waals surface area (Å²) in [6, 6.07) is 9.59. The molecule has 3 N–H and O–H groups in total. The van der Waals surface area contributed by atoms with Crippen LogP contribution in [0.4, 0.5) is 5.69 Å². The molecule has 0 fully saturated rings. The van der Waals surface area contributed by atoms with Crippen LogP contribution in [0.3, 0.4) is 0 Å². The molecule has 0 bridgehead atoms. The van der Waals surface area contributed by atoms with Gasteiger partial charge in [0, 0.05) is 12.7 Å². The van der Waals surface area contributed by atoms with Crippen LogP contribution in [-0.4, -0.2) is 30.8 Å². The fourth-order valence-corrected chi connectivity index (χ4v) is 2.95. The summed E-state index contributed by atoms with van der Waals surface area (Å²) in [5, 5.41) is 8.08. The molecule has 0 aliphatic carbocycles. The zero-order chi connectivity index (χ0) is 20.7. The maximum atomic E-state index is 12.3. The molecule has 2 rings (SSSR count). The van der Waals surface area contributed by atoms with Gasteiger partial charge in [-0.05, 0) is 58.1 Å². The molecule has 150 valence electrons. The van der Waals surface area contributed by atoms with E-state index in [9.17, 15) is 14.4 Å². The third kappa shape index (κ3) is 6.53. The van der Waals surface area contributed by atoms with Gasteiger partial charge < -0.3 is 20.4 Å². The second-order valence-corrected chi connectivity index (χ2v) is 7.58. The lowest BCUT2D eigenvalue weighted by atomic mass is 10.0. The van der Waals surface area contributed by atoms with E-state index < -0.39 is 6.04 Å². The molecule has 8 heteroatoms. The predicted molar refractivity (Wildman–Crippen MR) is 110 cm³/mol.